The second-order valence-electron chi connectivity index (χ2n) is 3.23. The first-order valence-electron chi connectivity index (χ1n) is 4.69. The Morgan fingerprint density at radius 2 is 1.87 bits per heavy atom. The molecule has 0 aliphatic heterocycles. The van der Waals surface area contributed by atoms with Crippen molar-refractivity contribution < 1.29 is 14.4 Å². The number of hydrazine groups is 1. The van der Waals surface area contributed by atoms with Gasteiger partial charge in [0.15, 0.2) is 0 Å². The van der Waals surface area contributed by atoms with E-state index in [-0.39, 0.29) is 0 Å². The largest absolute Gasteiger partial charge is 0.417 e. The number of benzene rings is 1. The summed E-state index contributed by atoms with van der Waals surface area (Å²) in [5, 5.41) is 1.91. The highest BCUT2D eigenvalue weighted by Gasteiger charge is 2.10. The van der Waals surface area contributed by atoms with Crippen molar-refractivity contribution in [3.63, 3.8) is 0 Å². The van der Waals surface area contributed by atoms with Crippen LogP contribution in [-0.2, 0) is 11.0 Å². The maximum atomic E-state index is 10.5. The van der Waals surface area contributed by atoms with E-state index in [9.17, 15) is 4.57 Å². The summed E-state index contributed by atoms with van der Waals surface area (Å²) >= 11 is 0. The molecule has 0 bridgehead atoms. The summed E-state index contributed by atoms with van der Waals surface area (Å²) in [5.74, 6) is 0. The van der Waals surface area contributed by atoms with Crippen LogP contribution in [0.5, 0.6) is 0 Å². The number of anilines is 1. The minimum atomic E-state index is -4.22. The Hall–Kier alpha value is -0.870. The van der Waals surface area contributed by atoms with Gasteiger partial charge in [-0.25, -0.2) is 4.57 Å². The van der Waals surface area contributed by atoms with Gasteiger partial charge in [-0.3, -0.25) is 0 Å². The minimum absolute atomic E-state index is 0.623. The van der Waals surface area contributed by atoms with E-state index in [0.29, 0.717) is 5.69 Å². The molecular formula is C9H15N2O3P. The van der Waals surface area contributed by atoms with Crippen molar-refractivity contribution in [2.45, 2.75) is 19.8 Å². The number of nitrogens with one attached hydrogen (secondary N) is 2. The van der Waals surface area contributed by atoms with Crippen molar-refractivity contribution in [3.05, 3.63) is 29.8 Å². The fourth-order valence-electron chi connectivity index (χ4n) is 1.18. The highest BCUT2D eigenvalue weighted by atomic mass is 31.2. The number of hydrogen-bond donors (Lipinski definition) is 4. The van der Waals surface area contributed by atoms with Crippen LogP contribution in [0.1, 0.15) is 18.9 Å². The van der Waals surface area contributed by atoms with Crippen LogP contribution in [0, 0.1) is 0 Å². The Kier molecular flexibility index (Phi) is 4.29. The van der Waals surface area contributed by atoms with Gasteiger partial charge in [0.05, 0.1) is 0 Å². The van der Waals surface area contributed by atoms with Crippen molar-refractivity contribution in [1.82, 2.24) is 5.20 Å². The third-order valence-corrected chi connectivity index (χ3v) is 2.24. The molecule has 0 amide bonds. The van der Waals surface area contributed by atoms with Crippen LogP contribution in [0.25, 0.3) is 0 Å². The predicted molar refractivity (Wildman–Crippen MR) is 59.2 cm³/mol. The van der Waals surface area contributed by atoms with Crippen molar-refractivity contribution in [2.75, 3.05) is 5.43 Å². The number of hydrogen-bond acceptors (Lipinski definition) is 2. The molecule has 0 fully saturated rings. The second-order valence-corrected chi connectivity index (χ2v) is 4.54. The van der Waals surface area contributed by atoms with Crippen LogP contribution >= 0.6 is 7.75 Å². The molecule has 0 saturated heterocycles. The van der Waals surface area contributed by atoms with Crippen molar-refractivity contribution in [2.24, 2.45) is 0 Å². The minimum Gasteiger partial charge on any atom is -0.312 e. The molecule has 0 atom stereocenters. The lowest BCUT2D eigenvalue weighted by atomic mass is 10.1. The van der Waals surface area contributed by atoms with Gasteiger partial charge in [-0.2, -0.15) is 0 Å². The molecule has 1 rings (SSSR count). The Morgan fingerprint density at radius 3 is 2.33 bits per heavy atom. The molecule has 0 saturated carbocycles. The zero-order chi connectivity index (χ0) is 11.3. The lowest BCUT2D eigenvalue weighted by molar-refractivity contribution is 0.362. The van der Waals surface area contributed by atoms with E-state index < -0.39 is 7.75 Å². The second kappa shape index (κ2) is 5.28. The van der Waals surface area contributed by atoms with Gasteiger partial charge in [0.1, 0.15) is 0 Å². The number of rotatable bonds is 5. The maximum Gasteiger partial charge on any atom is 0.417 e. The summed E-state index contributed by atoms with van der Waals surface area (Å²) in [7, 11) is -4.22. The topological polar surface area (TPSA) is 81.6 Å². The summed E-state index contributed by atoms with van der Waals surface area (Å²) in [6.45, 7) is 2.10. The smallest absolute Gasteiger partial charge is 0.312 e. The summed E-state index contributed by atoms with van der Waals surface area (Å²) in [5.41, 5.74) is 4.27. The molecule has 5 nitrogen and oxygen atoms in total. The standard InChI is InChI=1S/C9H15N2O3P/c1-2-3-8-4-6-9(7-5-8)10-11-15(12,13)14/h4-7,10H,2-3H2,1H3,(H3,11,12,13,14). The molecule has 1 aromatic rings. The van der Waals surface area contributed by atoms with Crippen LogP contribution < -0.4 is 10.6 Å². The highest BCUT2D eigenvalue weighted by molar-refractivity contribution is 7.49. The first kappa shape index (κ1) is 12.2. The van der Waals surface area contributed by atoms with Crippen LogP contribution in [0.15, 0.2) is 24.3 Å². The Bertz CT molecular complexity index is 347. The Balaban J connectivity index is 2.53. The van der Waals surface area contributed by atoms with E-state index in [1.165, 1.54) is 5.56 Å². The van der Waals surface area contributed by atoms with E-state index >= 15 is 0 Å². The fraction of sp³-hybridized carbons (Fsp3) is 0.333. The molecule has 0 aliphatic rings. The average molecular weight is 230 g/mol. The molecular weight excluding hydrogens is 215 g/mol. The van der Waals surface area contributed by atoms with Gasteiger partial charge >= 0.3 is 7.75 Å². The van der Waals surface area contributed by atoms with Gasteiger partial charge in [0, 0.05) is 5.69 Å². The first-order valence-corrected chi connectivity index (χ1v) is 6.30. The molecule has 0 unspecified atom stereocenters. The van der Waals surface area contributed by atoms with Crippen molar-refractivity contribution in [3.8, 4) is 0 Å². The zero-order valence-corrected chi connectivity index (χ0v) is 9.37. The SMILES string of the molecule is CCCc1ccc(NNP(=O)(O)O)cc1. The molecule has 0 aliphatic carbocycles. The Morgan fingerprint density at radius 1 is 1.27 bits per heavy atom. The molecule has 0 heterocycles. The monoisotopic (exact) mass is 230 g/mol. The van der Waals surface area contributed by atoms with E-state index in [0.717, 1.165) is 12.8 Å². The van der Waals surface area contributed by atoms with Crippen LogP contribution in [0.3, 0.4) is 0 Å². The van der Waals surface area contributed by atoms with Gasteiger partial charge in [0.25, 0.3) is 0 Å². The zero-order valence-electron chi connectivity index (χ0n) is 8.47. The quantitative estimate of drug-likeness (QED) is 0.456. The fourth-order valence-corrected chi connectivity index (χ4v) is 1.46. The molecule has 15 heavy (non-hydrogen) atoms. The predicted octanol–water partition coefficient (Wildman–Crippen LogP) is 1.65. The molecule has 4 N–H and O–H groups in total. The van der Waals surface area contributed by atoms with Gasteiger partial charge in [-0.05, 0) is 24.1 Å². The summed E-state index contributed by atoms with van der Waals surface area (Å²) in [6.07, 6.45) is 2.08. The van der Waals surface area contributed by atoms with Gasteiger partial charge in [0.2, 0.25) is 0 Å². The van der Waals surface area contributed by atoms with Gasteiger partial charge in [-0.15, -0.1) is 5.20 Å². The van der Waals surface area contributed by atoms with Crippen LogP contribution in [-0.4, -0.2) is 9.79 Å². The normalized spacial score (nSPS) is 11.4. The lowest BCUT2D eigenvalue weighted by Gasteiger charge is -2.09. The summed E-state index contributed by atoms with van der Waals surface area (Å²) in [4.78, 5) is 17.1. The van der Waals surface area contributed by atoms with E-state index in [1.807, 2.05) is 17.3 Å². The summed E-state index contributed by atoms with van der Waals surface area (Å²) < 4.78 is 10.5. The molecule has 0 spiro atoms. The van der Waals surface area contributed by atoms with Crippen LogP contribution in [0.2, 0.25) is 0 Å². The van der Waals surface area contributed by atoms with Gasteiger partial charge < -0.3 is 15.2 Å². The molecule has 84 valence electrons. The molecule has 0 aromatic heterocycles. The van der Waals surface area contributed by atoms with Gasteiger partial charge in [-0.1, -0.05) is 25.5 Å². The van der Waals surface area contributed by atoms with E-state index in [2.05, 4.69) is 12.3 Å². The Labute approximate surface area is 88.7 Å². The van der Waals surface area contributed by atoms with Crippen molar-refractivity contribution >= 4 is 13.4 Å². The highest BCUT2D eigenvalue weighted by Crippen LogP contribution is 2.27. The average Bonchev–Trinajstić information content (AvgIpc) is 2.16. The third-order valence-electron chi connectivity index (χ3n) is 1.84. The number of aryl methyl sites for hydroxylation is 1. The lowest BCUT2D eigenvalue weighted by Crippen LogP contribution is -2.17. The third kappa shape index (κ3) is 4.95. The first-order chi connectivity index (χ1) is 7.01. The molecule has 1 aromatic carbocycles. The van der Waals surface area contributed by atoms with Crippen LogP contribution in [0.4, 0.5) is 5.69 Å². The molecule has 0 radical (unpaired) electrons. The van der Waals surface area contributed by atoms with E-state index in [1.54, 1.807) is 12.1 Å². The van der Waals surface area contributed by atoms with Crippen molar-refractivity contribution in [1.29, 1.82) is 0 Å². The maximum absolute atomic E-state index is 10.5. The summed E-state index contributed by atoms with van der Waals surface area (Å²) in [6, 6.07) is 7.39. The molecule has 6 heteroatoms. The van der Waals surface area contributed by atoms with E-state index in [4.69, 9.17) is 9.79 Å².